The quantitative estimate of drug-likeness (QED) is 0.728. The van der Waals surface area contributed by atoms with Crippen LogP contribution in [0.4, 0.5) is 13.2 Å². The first-order valence-corrected chi connectivity index (χ1v) is 4.52. The summed E-state index contributed by atoms with van der Waals surface area (Å²) in [4.78, 5) is 14.2. The summed E-state index contributed by atoms with van der Waals surface area (Å²) < 4.78 is 38.7. The van der Waals surface area contributed by atoms with Crippen LogP contribution >= 0.6 is 11.6 Å². The first kappa shape index (κ1) is 10.9. The lowest BCUT2D eigenvalue weighted by Gasteiger charge is -2.07. The summed E-state index contributed by atoms with van der Waals surface area (Å²) in [5, 5.41) is -0.244. The second-order valence-corrected chi connectivity index (χ2v) is 3.38. The van der Waals surface area contributed by atoms with E-state index in [-0.39, 0.29) is 16.5 Å². The molecule has 0 aliphatic carbocycles. The number of aldehydes is 1. The minimum absolute atomic E-state index is 0.0947. The number of carbonyl (C=O) groups is 1. The molecule has 0 fully saturated rings. The first-order chi connectivity index (χ1) is 7.45. The molecule has 7 heteroatoms. The van der Waals surface area contributed by atoms with Crippen LogP contribution in [0.5, 0.6) is 0 Å². The third kappa shape index (κ3) is 1.55. The number of hydrogen-bond acceptors (Lipinski definition) is 2. The number of nitrogens with zero attached hydrogens (tertiary/aromatic N) is 2. The predicted octanol–water partition coefficient (Wildman–Crippen LogP) is 2.82. The van der Waals surface area contributed by atoms with Crippen LogP contribution in [0.2, 0.25) is 5.15 Å². The van der Waals surface area contributed by atoms with Crippen molar-refractivity contribution in [1.82, 2.24) is 9.38 Å². The Balaban J connectivity index is 2.85. The third-order valence-electron chi connectivity index (χ3n) is 2.06. The molecular formula is C9H4ClF3N2O. The fraction of sp³-hybridized carbons (Fsp3) is 0.111. The number of fused-ring (bicyclic) bond motifs is 1. The van der Waals surface area contributed by atoms with Crippen molar-refractivity contribution >= 4 is 23.5 Å². The highest BCUT2D eigenvalue weighted by Crippen LogP contribution is 2.33. The van der Waals surface area contributed by atoms with Crippen molar-refractivity contribution in [3.8, 4) is 0 Å². The van der Waals surface area contributed by atoms with Crippen molar-refractivity contribution < 1.29 is 18.0 Å². The smallest absolute Gasteiger partial charge is 0.296 e. The van der Waals surface area contributed by atoms with Crippen molar-refractivity contribution in [3.63, 3.8) is 0 Å². The lowest BCUT2D eigenvalue weighted by Crippen LogP contribution is -2.07. The van der Waals surface area contributed by atoms with Gasteiger partial charge in [-0.05, 0) is 12.1 Å². The van der Waals surface area contributed by atoms with Crippen molar-refractivity contribution in [3.05, 3.63) is 34.7 Å². The first-order valence-electron chi connectivity index (χ1n) is 4.14. The zero-order chi connectivity index (χ0) is 11.9. The molecule has 0 N–H and O–H groups in total. The van der Waals surface area contributed by atoms with Crippen molar-refractivity contribution in [2.45, 2.75) is 6.18 Å². The summed E-state index contributed by atoms with van der Waals surface area (Å²) in [7, 11) is 0. The van der Waals surface area contributed by atoms with Gasteiger partial charge >= 0.3 is 6.18 Å². The molecule has 0 saturated carbocycles. The van der Waals surface area contributed by atoms with Gasteiger partial charge in [0.25, 0.3) is 0 Å². The molecule has 16 heavy (non-hydrogen) atoms. The van der Waals surface area contributed by atoms with Crippen LogP contribution in [0.25, 0.3) is 5.65 Å². The minimum atomic E-state index is -4.53. The van der Waals surface area contributed by atoms with Gasteiger partial charge in [0.15, 0.2) is 17.1 Å². The molecule has 0 spiro atoms. The lowest BCUT2D eigenvalue weighted by atomic mass is 10.2. The molecule has 0 bridgehead atoms. The maximum absolute atomic E-state index is 12.6. The molecule has 0 unspecified atom stereocenters. The van der Waals surface area contributed by atoms with Gasteiger partial charge in [-0.2, -0.15) is 13.2 Å². The molecule has 0 aliphatic heterocycles. The largest absolute Gasteiger partial charge is 0.419 e. The van der Waals surface area contributed by atoms with Gasteiger partial charge in [0.1, 0.15) is 5.69 Å². The molecular weight excluding hydrogens is 245 g/mol. The van der Waals surface area contributed by atoms with E-state index < -0.39 is 11.7 Å². The van der Waals surface area contributed by atoms with Gasteiger partial charge in [-0.3, -0.25) is 9.20 Å². The van der Waals surface area contributed by atoms with Gasteiger partial charge in [-0.15, -0.1) is 0 Å². The summed E-state index contributed by atoms with van der Waals surface area (Å²) in [5.41, 5.74) is -1.39. The summed E-state index contributed by atoms with van der Waals surface area (Å²) in [6.45, 7) is 0. The highest BCUT2D eigenvalue weighted by Gasteiger charge is 2.34. The summed E-state index contributed by atoms with van der Waals surface area (Å²) in [5.74, 6) is 0. The Morgan fingerprint density at radius 2 is 2.12 bits per heavy atom. The highest BCUT2D eigenvalue weighted by molar-refractivity contribution is 6.31. The molecule has 0 saturated heterocycles. The molecule has 0 radical (unpaired) electrons. The van der Waals surface area contributed by atoms with Crippen molar-refractivity contribution in [2.75, 3.05) is 0 Å². The van der Waals surface area contributed by atoms with E-state index in [1.807, 2.05) is 0 Å². The number of rotatable bonds is 1. The van der Waals surface area contributed by atoms with E-state index in [1.165, 1.54) is 12.3 Å². The Hall–Kier alpha value is -1.56. The van der Waals surface area contributed by atoms with Crippen LogP contribution in [-0.2, 0) is 6.18 Å². The van der Waals surface area contributed by atoms with Crippen LogP contribution in [0, 0.1) is 0 Å². The van der Waals surface area contributed by atoms with E-state index in [4.69, 9.17) is 11.6 Å². The Kier molecular flexibility index (Phi) is 2.38. The molecule has 3 nitrogen and oxygen atoms in total. The summed E-state index contributed by atoms with van der Waals surface area (Å²) in [6.07, 6.45) is -2.87. The monoisotopic (exact) mass is 248 g/mol. The molecule has 84 valence electrons. The lowest BCUT2D eigenvalue weighted by molar-refractivity contribution is -0.136. The standard InChI is InChI=1S/C9H4ClF3N2O/c10-7-6(4-16)15-3-1-2-5(8(15)14-7)9(11,12)13/h1-4H. The average molecular weight is 249 g/mol. The van der Waals surface area contributed by atoms with Gasteiger partial charge in [-0.25, -0.2) is 4.98 Å². The Labute approximate surface area is 92.5 Å². The minimum Gasteiger partial charge on any atom is -0.296 e. The third-order valence-corrected chi connectivity index (χ3v) is 2.34. The molecule has 0 amide bonds. The van der Waals surface area contributed by atoms with Gasteiger partial charge in [0.05, 0.1) is 5.56 Å². The second-order valence-electron chi connectivity index (χ2n) is 3.02. The maximum atomic E-state index is 12.6. The Bertz CT molecular complexity index is 562. The number of alkyl halides is 3. The fourth-order valence-corrected chi connectivity index (χ4v) is 1.60. The second kappa shape index (κ2) is 3.48. The van der Waals surface area contributed by atoms with Gasteiger partial charge in [-0.1, -0.05) is 11.6 Å². The molecule has 2 aromatic rings. The number of carbonyl (C=O) groups excluding carboxylic acids is 1. The Morgan fingerprint density at radius 3 is 2.69 bits per heavy atom. The van der Waals surface area contributed by atoms with Gasteiger partial charge < -0.3 is 0 Å². The maximum Gasteiger partial charge on any atom is 0.419 e. The van der Waals surface area contributed by atoms with E-state index in [0.717, 1.165) is 10.5 Å². The number of halogens is 4. The number of imidazole rings is 1. The van der Waals surface area contributed by atoms with Crippen LogP contribution < -0.4 is 0 Å². The van der Waals surface area contributed by atoms with Crippen LogP contribution in [0.3, 0.4) is 0 Å². The van der Waals surface area contributed by atoms with E-state index in [0.29, 0.717) is 6.29 Å². The SMILES string of the molecule is O=Cc1c(Cl)nc2c(C(F)(F)F)cccn12. The highest BCUT2D eigenvalue weighted by atomic mass is 35.5. The van der Waals surface area contributed by atoms with Crippen molar-refractivity contribution in [2.24, 2.45) is 0 Å². The van der Waals surface area contributed by atoms with E-state index in [1.54, 1.807) is 0 Å². The van der Waals surface area contributed by atoms with Gasteiger partial charge in [0, 0.05) is 6.20 Å². The van der Waals surface area contributed by atoms with E-state index in [2.05, 4.69) is 4.98 Å². The molecule has 2 heterocycles. The topological polar surface area (TPSA) is 34.4 Å². The van der Waals surface area contributed by atoms with Crippen LogP contribution in [-0.4, -0.2) is 15.7 Å². The predicted molar refractivity (Wildman–Crippen MR) is 50.6 cm³/mol. The normalized spacial score (nSPS) is 12.0. The van der Waals surface area contributed by atoms with E-state index >= 15 is 0 Å². The summed E-state index contributed by atoms with van der Waals surface area (Å²) >= 11 is 5.56. The zero-order valence-corrected chi connectivity index (χ0v) is 8.38. The van der Waals surface area contributed by atoms with Gasteiger partial charge in [0.2, 0.25) is 0 Å². The molecule has 2 aromatic heterocycles. The molecule has 0 aliphatic rings. The van der Waals surface area contributed by atoms with Crippen LogP contribution in [0.15, 0.2) is 18.3 Å². The summed E-state index contributed by atoms with van der Waals surface area (Å²) in [6, 6.07) is 2.06. The zero-order valence-electron chi connectivity index (χ0n) is 7.62. The number of aromatic nitrogens is 2. The van der Waals surface area contributed by atoms with Crippen LogP contribution in [0.1, 0.15) is 16.1 Å². The molecule has 2 rings (SSSR count). The fourth-order valence-electron chi connectivity index (χ4n) is 1.39. The number of hydrogen-bond donors (Lipinski definition) is 0. The number of pyridine rings is 1. The van der Waals surface area contributed by atoms with E-state index in [9.17, 15) is 18.0 Å². The Morgan fingerprint density at radius 1 is 1.44 bits per heavy atom. The molecule has 0 aromatic carbocycles. The van der Waals surface area contributed by atoms with Crippen molar-refractivity contribution in [1.29, 1.82) is 0 Å². The average Bonchev–Trinajstić information content (AvgIpc) is 2.50. The molecule has 0 atom stereocenters.